The number of benzene rings is 1. The summed E-state index contributed by atoms with van der Waals surface area (Å²) in [5.74, 6) is -3.28. The predicted octanol–water partition coefficient (Wildman–Crippen LogP) is 3.53. The van der Waals surface area contributed by atoms with Crippen molar-refractivity contribution in [1.29, 1.82) is 0 Å². The Morgan fingerprint density at radius 1 is 1.11 bits per heavy atom. The monoisotopic (exact) mass is 550 g/mol. The molecule has 0 spiro atoms. The average Bonchev–Trinajstić information content (AvgIpc) is 3.52. The van der Waals surface area contributed by atoms with Gasteiger partial charge in [0.2, 0.25) is 5.60 Å². The second kappa shape index (κ2) is 9.51. The van der Waals surface area contributed by atoms with E-state index in [9.17, 15) is 36.7 Å². The molecule has 1 aromatic heterocycles. The molecule has 0 N–H and O–H groups in total. The van der Waals surface area contributed by atoms with Gasteiger partial charge in [-0.15, -0.1) is 0 Å². The molecule has 0 saturated heterocycles. The normalized spacial score (nSPS) is 15.6. The fourth-order valence-electron chi connectivity index (χ4n) is 3.26. The SMILES string of the molecule is CC(OC(=O)C1(Oc2cc(-n3c(=O)cc(C(F)(F)F)n(C)c3=O)c(F)cc2Cl)CC1)C(=O)OC(C)(C)C. The molecule has 9 nitrogen and oxygen atoms in total. The first-order chi connectivity index (χ1) is 16.9. The van der Waals surface area contributed by atoms with Gasteiger partial charge in [-0.1, -0.05) is 11.6 Å². The second-order valence-corrected chi connectivity index (χ2v) is 9.86. The number of aromatic nitrogens is 2. The minimum Gasteiger partial charge on any atom is -0.474 e. The maximum atomic E-state index is 14.7. The number of carbonyl (C=O) groups is 2. The molecule has 1 atom stereocenters. The fraction of sp³-hybridized carbons (Fsp3) is 0.478. The molecule has 1 saturated carbocycles. The Bertz CT molecular complexity index is 1370. The van der Waals surface area contributed by atoms with Crippen molar-refractivity contribution in [1.82, 2.24) is 9.13 Å². The van der Waals surface area contributed by atoms with Gasteiger partial charge in [-0.2, -0.15) is 13.2 Å². The molecular formula is C23H23ClF4N2O7. The summed E-state index contributed by atoms with van der Waals surface area (Å²) in [5, 5.41) is -0.350. The molecule has 37 heavy (non-hydrogen) atoms. The largest absolute Gasteiger partial charge is 0.474 e. The van der Waals surface area contributed by atoms with Crippen LogP contribution in [0.3, 0.4) is 0 Å². The smallest absolute Gasteiger partial charge is 0.431 e. The number of esters is 2. The summed E-state index contributed by atoms with van der Waals surface area (Å²) < 4.78 is 70.4. The predicted molar refractivity (Wildman–Crippen MR) is 121 cm³/mol. The molecule has 14 heteroatoms. The number of halogens is 5. The van der Waals surface area contributed by atoms with Crippen molar-refractivity contribution in [2.45, 2.75) is 64.0 Å². The van der Waals surface area contributed by atoms with E-state index in [2.05, 4.69) is 0 Å². The van der Waals surface area contributed by atoms with E-state index in [1.165, 1.54) is 6.92 Å². The number of hydrogen-bond acceptors (Lipinski definition) is 7. The van der Waals surface area contributed by atoms with Crippen LogP contribution in [0.2, 0.25) is 5.02 Å². The van der Waals surface area contributed by atoms with Crippen LogP contribution in [0, 0.1) is 5.82 Å². The Kier molecular flexibility index (Phi) is 7.25. The number of carbonyl (C=O) groups excluding carboxylic acids is 2. The molecule has 1 aliphatic rings. The van der Waals surface area contributed by atoms with Crippen LogP contribution in [-0.4, -0.2) is 38.4 Å². The molecular weight excluding hydrogens is 528 g/mol. The Balaban J connectivity index is 1.94. The number of alkyl halides is 3. The van der Waals surface area contributed by atoms with Gasteiger partial charge in [0.1, 0.15) is 22.9 Å². The van der Waals surface area contributed by atoms with E-state index in [4.69, 9.17) is 25.8 Å². The molecule has 0 radical (unpaired) electrons. The zero-order valence-electron chi connectivity index (χ0n) is 20.4. The second-order valence-electron chi connectivity index (χ2n) is 9.45. The first kappa shape index (κ1) is 28.2. The Labute approximate surface area is 212 Å². The third-order valence-electron chi connectivity index (χ3n) is 5.26. The van der Waals surface area contributed by atoms with Gasteiger partial charge in [0, 0.05) is 32.0 Å². The van der Waals surface area contributed by atoms with Crippen LogP contribution in [0.15, 0.2) is 27.8 Å². The number of nitrogens with zero attached hydrogens (tertiary/aromatic N) is 2. The van der Waals surface area contributed by atoms with Gasteiger partial charge in [-0.3, -0.25) is 9.36 Å². The van der Waals surface area contributed by atoms with E-state index < -0.39 is 63.9 Å². The molecule has 202 valence electrons. The van der Waals surface area contributed by atoms with E-state index in [1.807, 2.05) is 0 Å². The van der Waals surface area contributed by atoms with Crippen molar-refractivity contribution in [3.8, 4) is 11.4 Å². The highest BCUT2D eigenvalue weighted by atomic mass is 35.5. The van der Waals surface area contributed by atoms with Gasteiger partial charge < -0.3 is 14.2 Å². The highest BCUT2D eigenvalue weighted by Crippen LogP contribution is 2.44. The van der Waals surface area contributed by atoms with Crippen LogP contribution in [0.1, 0.15) is 46.2 Å². The molecule has 1 fully saturated rings. The van der Waals surface area contributed by atoms with Gasteiger partial charge in [-0.05, 0) is 33.8 Å². The number of ether oxygens (including phenoxy) is 3. The van der Waals surface area contributed by atoms with Crippen LogP contribution in [0.5, 0.6) is 5.75 Å². The summed E-state index contributed by atoms with van der Waals surface area (Å²) in [6.07, 6.45) is -6.01. The van der Waals surface area contributed by atoms with Crippen molar-refractivity contribution in [2.75, 3.05) is 0 Å². The molecule has 0 bridgehead atoms. The minimum absolute atomic E-state index is 0.137. The van der Waals surface area contributed by atoms with Crippen LogP contribution >= 0.6 is 11.6 Å². The van der Waals surface area contributed by atoms with Gasteiger partial charge >= 0.3 is 23.8 Å². The summed E-state index contributed by atoms with van der Waals surface area (Å²) in [5.41, 5.74) is -7.61. The van der Waals surface area contributed by atoms with E-state index in [0.717, 1.165) is 13.1 Å². The highest BCUT2D eigenvalue weighted by Gasteiger charge is 2.56. The van der Waals surface area contributed by atoms with Crippen LogP contribution < -0.4 is 16.0 Å². The molecule has 1 heterocycles. The van der Waals surface area contributed by atoms with Gasteiger partial charge in [-0.25, -0.2) is 23.3 Å². The summed E-state index contributed by atoms with van der Waals surface area (Å²) in [6.45, 7) is 6.20. The van der Waals surface area contributed by atoms with Gasteiger partial charge in [0.15, 0.2) is 6.10 Å². The lowest BCUT2D eigenvalue weighted by Gasteiger charge is -2.24. The lowest BCUT2D eigenvalue weighted by Crippen LogP contribution is -2.41. The van der Waals surface area contributed by atoms with Crippen molar-refractivity contribution in [3.63, 3.8) is 0 Å². The van der Waals surface area contributed by atoms with E-state index in [1.54, 1.807) is 20.8 Å². The lowest BCUT2D eigenvalue weighted by atomic mass is 10.2. The minimum atomic E-state index is -5.01. The van der Waals surface area contributed by atoms with E-state index >= 15 is 0 Å². The van der Waals surface area contributed by atoms with Crippen LogP contribution in [-0.2, 0) is 32.3 Å². The zero-order chi connectivity index (χ0) is 28.1. The molecule has 0 aliphatic heterocycles. The number of rotatable bonds is 6. The van der Waals surface area contributed by atoms with Crippen LogP contribution in [0.4, 0.5) is 17.6 Å². The Morgan fingerprint density at radius 3 is 2.22 bits per heavy atom. The topological polar surface area (TPSA) is 106 Å². The summed E-state index contributed by atoms with van der Waals surface area (Å²) >= 11 is 6.04. The summed E-state index contributed by atoms with van der Waals surface area (Å²) in [7, 11) is 0.771. The van der Waals surface area contributed by atoms with Gasteiger partial charge in [0.05, 0.1) is 10.7 Å². The van der Waals surface area contributed by atoms with E-state index in [-0.39, 0.29) is 38.8 Å². The first-order valence-corrected chi connectivity index (χ1v) is 11.3. The maximum Gasteiger partial charge on any atom is 0.431 e. The zero-order valence-corrected chi connectivity index (χ0v) is 21.1. The molecule has 2 aromatic rings. The molecule has 1 aromatic carbocycles. The molecule has 1 aliphatic carbocycles. The van der Waals surface area contributed by atoms with Crippen molar-refractivity contribution in [3.05, 3.63) is 55.6 Å². The third kappa shape index (κ3) is 5.97. The lowest BCUT2D eigenvalue weighted by molar-refractivity contribution is -0.178. The van der Waals surface area contributed by atoms with Gasteiger partial charge in [0.25, 0.3) is 5.56 Å². The molecule has 3 rings (SSSR count). The molecule has 1 unspecified atom stereocenters. The average molecular weight is 551 g/mol. The van der Waals surface area contributed by atoms with Crippen molar-refractivity contribution >= 4 is 23.5 Å². The summed E-state index contributed by atoms with van der Waals surface area (Å²) in [4.78, 5) is 49.8. The highest BCUT2D eigenvalue weighted by molar-refractivity contribution is 6.32. The van der Waals surface area contributed by atoms with E-state index in [0.29, 0.717) is 6.07 Å². The Hall–Kier alpha value is -3.35. The molecule has 0 amide bonds. The van der Waals surface area contributed by atoms with Crippen molar-refractivity contribution in [2.24, 2.45) is 7.05 Å². The summed E-state index contributed by atoms with van der Waals surface area (Å²) in [6, 6.07) is 1.65. The fourth-order valence-corrected chi connectivity index (χ4v) is 3.45. The maximum absolute atomic E-state index is 14.7. The first-order valence-electron chi connectivity index (χ1n) is 10.9. The standard InChI is InChI=1S/C23H23ClF4N2O7/c1-11(18(32)37-21(2,3)4)35-19(33)22(6-7-22)36-15-9-14(13(25)8-12(15)24)30-17(31)10-16(23(26,27)28)29(5)20(30)34/h8-11H,6-7H2,1-5H3. The van der Waals surface area contributed by atoms with Crippen LogP contribution in [0.25, 0.3) is 5.69 Å². The third-order valence-corrected chi connectivity index (χ3v) is 5.55. The van der Waals surface area contributed by atoms with Crippen molar-refractivity contribution < 1.29 is 41.4 Å². The quantitative estimate of drug-likeness (QED) is 0.400. The number of hydrogen-bond donors (Lipinski definition) is 0. The Morgan fingerprint density at radius 2 is 1.70 bits per heavy atom.